The molecule has 1 aromatic heterocycles. The predicted molar refractivity (Wildman–Crippen MR) is 105 cm³/mol. The normalized spacial score (nSPS) is 12.3. The molecule has 3 rings (SSSR count). The summed E-state index contributed by atoms with van der Waals surface area (Å²) in [5.41, 5.74) is -0.0122. The molecule has 8 heteroatoms. The lowest BCUT2D eigenvalue weighted by Crippen LogP contribution is -2.39. The number of hydrogen-bond donors (Lipinski definition) is 2. The van der Waals surface area contributed by atoms with Crippen molar-refractivity contribution in [3.05, 3.63) is 80.7 Å². The zero-order valence-corrected chi connectivity index (χ0v) is 15.6. The first-order valence-electron chi connectivity index (χ1n) is 8.77. The van der Waals surface area contributed by atoms with Crippen LogP contribution < -0.4 is 16.6 Å². The molecule has 0 unspecified atom stereocenters. The van der Waals surface area contributed by atoms with E-state index < -0.39 is 11.2 Å². The first-order valence-corrected chi connectivity index (χ1v) is 8.77. The highest BCUT2D eigenvalue weighted by molar-refractivity contribution is 5.81. The van der Waals surface area contributed by atoms with Gasteiger partial charge in [0.25, 0.3) is 5.56 Å². The van der Waals surface area contributed by atoms with Gasteiger partial charge in [0.2, 0.25) is 5.91 Å². The van der Waals surface area contributed by atoms with Gasteiger partial charge in [-0.2, -0.15) is 0 Å². The lowest BCUT2D eigenvalue weighted by molar-refractivity contribution is -0.121. The summed E-state index contributed by atoms with van der Waals surface area (Å²) in [5, 5.41) is 3.12. The minimum absolute atomic E-state index is 0.233. The van der Waals surface area contributed by atoms with Crippen molar-refractivity contribution in [1.82, 2.24) is 19.8 Å². The van der Waals surface area contributed by atoms with Gasteiger partial charge in [0.05, 0.1) is 16.9 Å². The molecule has 0 bridgehead atoms. The van der Waals surface area contributed by atoms with Crippen molar-refractivity contribution in [3.8, 4) is 0 Å². The Morgan fingerprint density at radius 3 is 2.64 bits per heavy atom. The number of aromatic nitrogens is 2. The molecule has 28 heavy (non-hydrogen) atoms. The molecular weight excluding hydrogens is 363 g/mol. The molecule has 0 radical (unpaired) electrons. The van der Waals surface area contributed by atoms with E-state index in [1.54, 1.807) is 36.4 Å². The van der Waals surface area contributed by atoms with Gasteiger partial charge in [-0.3, -0.25) is 19.1 Å². The van der Waals surface area contributed by atoms with Gasteiger partial charge in [0.15, 0.2) is 0 Å². The second-order valence-electron chi connectivity index (χ2n) is 6.70. The number of carbonyl (C=O) groups excluding carboxylic acids is 1. The van der Waals surface area contributed by atoms with Crippen LogP contribution in [0.5, 0.6) is 0 Å². The second-order valence-corrected chi connectivity index (χ2v) is 6.70. The van der Waals surface area contributed by atoms with E-state index >= 15 is 0 Å². The van der Waals surface area contributed by atoms with Crippen molar-refractivity contribution in [2.75, 3.05) is 20.6 Å². The predicted octanol–water partition coefficient (Wildman–Crippen LogP) is 1.25. The first kappa shape index (κ1) is 19.5. The Bertz CT molecular complexity index is 1120. The Hall–Kier alpha value is -3.26. The van der Waals surface area contributed by atoms with Crippen molar-refractivity contribution in [2.45, 2.75) is 12.6 Å². The highest BCUT2D eigenvalue weighted by Crippen LogP contribution is 2.18. The molecule has 0 aliphatic carbocycles. The van der Waals surface area contributed by atoms with E-state index in [0.29, 0.717) is 10.9 Å². The summed E-state index contributed by atoms with van der Waals surface area (Å²) in [6, 6.07) is 12.6. The number of rotatable bonds is 6. The van der Waals surface area contributed by atoms with Gasteiger partial charge in [-0.1, -0.05) is 24.3 Å². The van der Waals surface area contributed by atoms with Gasteiger partial charge in [0, 0.05) is 6.54 Å². The third-order valence-electron chi connectivity index (χ3n) is 4.56. The van der Waals surface area contributed by atoms with Crippen LogP contribution in [0.25, 0.3) is 10.9 Å². The topological polar surface area (TPSA) is 87.2 Å². The van der Waals surface area contributed by atoms with Gasteiger partial charge in [-0.15, -0.1) is 0 Å². The van der Waals surface area contributed by atoms with E-state index in [1.165, 1.54) is 16.7 Å². The van der Waals surface area contributed by atoms with Crippen molar-refractivity contribution in [3.63, 3.8) is 0 Å². The zero-order chi connectivity index (χ0) is 20.3. The summed E-state index contributed by atoms with van der Waals surface area (Å²) in [5.74, 6) is -0.732. The maximum absolute atomic E-state index is 13.5. The number of halogens is 1. The Labute approximate surface area is 160 Å². The number of fused-ring (bicyclic) bond motifs is 1. The summed E-state index contributed by atoms with van der Waals surface area (Å²) < 4.78 is 14.8. The smallest absolute Gasteiger partial charge is 0.329 e. The van der Waals surface area contributed by atoms with Crippen LogP contribution in [0.15, 0.2) is 58.1 Å². The van der Waals surface area contributed by atoms with E-state index in [0.717, 1.165) is 5.56 Å². The van der Waals surface area contributed by atoms with Crippen molar-refractivity contribution < 1.29 is 9.18 Å². The number of likely N-dealkylation sites (N-methyl/N-ethyl adjacent to an activating group) is 1. The fourth-order valence-corrected chi connectivity index (χ4v) is 3.12. The largest absolute Gasteiger partial charge is 0.353 e. The molecule has 3 aromatic rings. The summed E-state index contributed by atoms with van der Waals surface area (Å²) >= 11 is 0. The van der Waals surface area contributed by atoms with Crippen molar-refractivity contribution in [2.24, 2.45) is 0 Å². The van der Waals surface area contributed by atoms with E-state index in [2.05, 4.69) is 10.3 Å². The third-order valence-corrected chi connectivity index (χ3v) is 4.56. The SMILES string of the molecule is CN(C)[C@@H](CNC(=O)Cn1c(=O)[nH]c(=O)c2ccccc21)c1cccc(F)c1. The number of benzene rings is 2. The molecule has 1 amide bonds. The number of hydrogen-bond acceptors (Lipinski definition) is 4. The van der Waals surface area contributed by atoms with E-state index in [9.17, 15) is 18.8 Å². The minimum atomic E-state index is -0.645. The third kappa shape index (κ3) is 4.17. The Morgan fingerprint density at radius 2 is 1.93 bits per heavy atom. The van der Waals surface area contributed by atoms with Crippen molar-refractivity contribution >= 4 is 16.8 Å². The van der Waals surface area contributed by atoms with E-state index in [4.69, 9.17) is 0 Å². The molecule has 146 valence electrons. The summed E-state index contributed by atoms with van der Waals surface area (Å²) in [6.45, 7) is 0.00471. The molecule has 7 nitrogen and oxygen atoms in total. The lowest BCUT2D eigenvalue weighted by Gasteiger charge is -2.25. The van der Waals surface area contributed by atoms with Crippen LogP contribution in [0.1, 0.15) is 11.6 Å². The molecule has 2 N–H and O–H groups in total. The molecule has 0 saturated carbocycles. The zero-order valence-electron chi connectivity index (χ0n) is 15.6. The van der Waals surface area contributed by atoms with Gasteiger partial charge in [-0.25, -0.2) is 9.18 Å². The average molecular weight is 384 g/mol. The van der Waals surface area contributed by atoms with Crippen LogP contribution in [0.2, 0.25) is 0 Å². The van der Waals surface area contributed by atoms with Crippen LogP contribution in [-0.4, -0.2) is 41.0 Å². The van der Waals surface area contributed by atoms with Crippen LogP contribution in [-0.2, 0) is 11.3 Å². The summed E-state index contributed by atoms with van der Waals surface area (Å²) in [4.78, 5) is 40.6. The molecule has 0 fully saturated rings. The number of carbonyl (C=O) groups is 1. The molecule has 1 atom stereocenters. The molecule has 2 aromatic carbocycles. The maximum Gasteiger partial charge on any atom is 0.329 e. The van der Waals surface area contributed by atoms with E-state index in [-0.39, 0.29) is 30.9 Å². The number of aromatic amines is 1. The van der Waals surface area contributed by atoms with Gasteiger partial charge in [-0.05, 0) is 43.9 Å². The molecule has 1 heterocycles. The Morgan fingerprint density at radius 1 is 1.18 bits per heavy atom. The minimum Gasteiger partial charge on any atom is -0.353 e. The highest BCUT2D eigenvalue weighted by Gasteiger charge is 2.17. The number of nitrogens with one attached hydrogen (secondary N) is 2. The van der Waals surface area contributed by atoms with Crippen molar-refractivity contribution in [1.29, 1.82) is 0 Å². The quantitative estimate of drug-likeness (QED) is 0.670. The second kappa shape index (κ2) is 8.18. The van der Waals surface area contributed by atoms with Crippen LogP contribution in [0.4, 0.5) is 4.39 Å². The number of nitrogens with zero attached hydrogens (tertiary/aromatic N) is 2. The van der Waals surface area contributed by atoms with Crippen LogP contribution in [0, 0.1) is 5.82 Å². The molecule has 0 aliphatic rings. The summed E-state index contributed by atoms with van der Waals surface area (Å²) in [6.07, 6.45) is 0. The monoisotopic (exact) mass is 384 g/mol. The Balaban J connectivity index is 1.78. The summed E-state index contributed by atoms with van der Waals surface area (Å²) in [7, 11) is 3.67. The lowest BCUT2D eigenvalue weighted by atomic mass is 10.1. The molecule has 0 saturated heterocycles. The molecule has 0 spiro atoms. The van der Waals surface area contributed by atoms with Crippen LogP contribution in [0.3, 0.4) is 0 Å². The van der Waals surface area contributed by atoms with Crippen LogP contribution >= 0.6 is 0 Å². The average Bonchev–Trinajstić information content (AvgIpc) is 2.65. The first-order chi connectivity index (χ1) is 13.4. The molecule has 0 aliphatic heterocycles. The van der Waals surface area contributed by atoms with Gasteiger partial charge < -0.3 is 10.2 Å². The van der Waals surface area contributed by atoms with Gasteiger partial charge >= 0.3 is 5.69 Å². The number of amides is 1. The highest BCUT2D eigenvalue weighted by atomic mass is 19.1. The number of para-hydroxylation sites is 1. The van der Waals surface area contributed by atoms with E-state index in [1.807, 2.05) is 19.0 Å². The standard InChI is InChI=1S/C20H21FN4O3/c1-24(2)17(13-6-5-7-14(21)10-13)11-22-18(26)12-25-16-9-4-3-8-15(16)19(27)23-20(25)28/h3-10,17H,11-12H2,1-2H3,(H,22,26)(H,23,27,28)/t17-/m0/s1. The number of H-pyrrole nitrogens is 1. The fourth-order valence-electron chi connectivity index (χ4n) is 3.12. The maximum atomic E-state index is 13.5. The van der Waals surface area contributed by atoms with Gasteiger partial charge in [0.1, 0.15) is 12.4 Å². The molecular formula is C20H21FN4O3. The Kier molecular flexibility index (Phi) is 5.70. The fraction of sp³-hybridized carbons (Fsp3) is 0.250.